The van der Waals surface area contributed by atoms with Gasteiger partial charge in [0.15, 0.2) is 0 Å². The molecule has 0 spiro atoms. The van der Waals surface area contributed by atoms with E-state index in [0.29, 0.717) is 34.4 Å². The third-order valence-corrected chi connectivity index (χ3v) is 11.2. The van der Waals surface area contributed by atoms with Crippen molar-refractivity contribution in [1.29, 1.82) is 0 Å². The third kappa shape index (κ3) is 3.91. The number of hydrogen-bond acceptors (Lipinski definition) is 1. The smallest absolute Gasteiger partial charge is 0.133 e. The average Bonchev–Trinajstić information content (AvgIpc) is 3.09. The summed E-state index contributed by atoms with van der Waals surface area (Å²) < 4.78 is 0. The largest absolute Gasteiger partial charge is 0.300 e. The molecule has 1 nitrogen and oxygen atoms in total. The molecule has 1 heteroatoms. The Morgan fingerprint density at radius 1 is 0.935 bits per heavy atom. The van der Waals surface area contributed by atoms with Crippen molar-refractivity contribution in [3.05, 3.63) is 23.8 Å². The Hall–Kier alpha value is -0.850. The van der Waals surface area contributed by atoms with E-state index in [2.05, 4.69) is 66.7 Å². The van der Waals surface area contributed by atoms with Gasteiger partial charge in [-0.25, -0.2) is 0 Å². The summed E-state index contributed by atoms with van der Waals surface area (Å²) in [4.78, 5) is 12.1. The van der Waals surface area contributed by atoms with Gasteiger partial charge in [-0.15, -0.1) is 0 Å². The van der Waals surface area contributed by atoms with E-state index in [4.69, 9.17) is 0 Å². The fraction of sp³-hybridized carbons (Fsp3) is 0.833. The summed E-state index contributed by atoms with van der Waals surface area (Å²) in [6.45, 7) is 17.2. The molecule has 0 radical (unpaired) electrons. The summed E-state index contributed by atoms with van der Waals surface area (Å²) in [7, 11) is 0. The highest BCUT2D eigenvalue weighted by molar-refractivity contribution is 5.79. The molecule has 0 aliphatic heterocycles. The number of ketones is 1. The van der Waals surface area contributed by atoms with Crippen LogP contribution in [0.5, 0.6) is 0 Å². The molecular weight excluding hydrogens is 376 g/mol. The van der Waals surface area contributed by atoms with Crippen molar-refractivity contribution in [3.63, 3.8) is 0 Å². The number of fused-ring (bicyclic) bond motifs is 5. The zero-order chi connectivity index (χ0) is 22.6. The van der Waals surface area contributed by atoms with Gasteiger partial charge in [0.25, 0.3) is 0 Å². The molecule has 0 heterocycles. The van der Waals surface area contributed by atoms with Crippen LogP contribution in [0.2, 0.25) is 0 Å². The highest BCUT2D eigenvalue weighted by atomic mass is 16.1. The molecule has 0 aromatic heterocycles. The SMILES string of the molecule is CC(C)[C@@H](C)[C@@H](C)/C=C/[C@@H](C)C1CCC2C3=CCC4CC(=O)CC[C@]4(C)C3CC[C@@]21C. The summed E-state index contributed by atoms with van der Waals surface area (Å²) >= 11 is 0. The molecule has 0 saturated heterocycles. The van der Waals surface area contributed by atoms with Crippen molar-refractivity contribution in [2.75, 3.05) is 0 Å². The Morgan fingerprint density at radius 3 is 2.35 bits per heavy atom. The molecule has 3 saturated carbocycles. The first-order chi connectivity index (χ1) is 14.6. The van der Waals surface area contributed by atoms with Crippen LogP contribution in [0.15, 0.2) is 23.8 Å². The molecule has 0 amide bonds. The molecule has 3 fully saturated rings. The van der Waals surface area contributed by atoms with E-state index in [1.165, 1.54) is 25.7 Å². The predicted molar refractivity (Wildman–Crippen MR) is 132 cm³/mol. The molecule has 31 heavy (non-hydrogen) atoms. The number of carbonyl (C=O) groups excluding carboxylic acids is 1. The highest BCUT2D eigenvalue weighted by Gasteiger charge is 2.58. The first kappa shape index (κ1) is 23.3. The summed E-state index contributed by atoms with van der Waals surface area (Å²) in [6.07, 6.45) is 17.2. The lowest BCUT2D eigenvalue weighted by Gasteiger charge is -2.57. The van der Waals surface area contributed by atoms with E-state index in [0.717, 1.165) is 55.3 Å². The van der Waals surface area contributed by atoms with Gasteiger partial charge in [0, 0.05) is 12.8 Å². The Labute approximate surface area is 192 Å². The van der Waals surface area contributed by atoms with Crippen LogP contribution in [-0.4, -0.2) is 5.78 Å². The average molecular weight is 425 g/mol. The summed E-state index contributed by atoms with van der Waals surface area (Å²) in [5, 5.41) is 0. The molecule has 4 aliphatic rings. The molecule has 0 aromatic carbocycles. The first-order valence-electron chi connectivity index (χ1n) is 13.5. The third-order valence-electron chi connectivity index (χ3n) is 11.2. The minimum Gasteiger partial charge on any atom is -0.300 e. The van der Waals surface area contributed by atoms with E-state index in [-0.39, 0.29) is 0 Å². The van der Waals surface area contributed by atoms with Gasteiger partial charge in [-0.3, -0.25) is 4.79 Å². The van der Waals surface area contributed by atoms with Crippen LogP contribution in [-0.2, 0) is 4.79 Å². The normalized spacial score (nSPS) is 43.2. The summed E-state index contributed by atoms with van der Waals surface area (Å²) in [5.41, 5.74) is 2.67. The van der Waals surface area contributed by atoms with Crippen molar-refractivity contribution in [3.8, 4) is 0 Å². The number of rotatable bonds is 5. The fourth-order valence-corrected chi connectivity index (χ4v) is 8.47. The second-order valence-corrected chi connectivity index (χ2v) is 12.9. The van der Waals surface area contributed by atoms with Crippen LogP contribution in [0.1, 0.15) is 99.8 Å². The van der Waals surface area contributed by atoms with Gasteiger partial charge < -0.3 is 0 Å². The zero-order valence-corrected chi connectivity index (χ0v) is 21.4. The standard InChI is InChI=1S/C30H48O/c1-19(2)22(5)20(3)8-9-21(4)26-12-13-27-25-11-10-23-18-24(31)14-16-29(23,6)28(25)15-17-30(26,27)7/h8-9,11,19-23,26-28H,10,12-18H2,1-7H3/b9-8+/t20-,21+,22+,23?,26?,27?,28?,29-,30+/m0/s1. The maximum absolute atomic E-state index is 12.1. The van der Waals surface area contributed by atoms with Gasteiger partial charge in [-0.05, 0) is 96.7 Å². The van der Waals surface area contributed by atoms with E-state index < -0.39 is 0 Å². The molecule has 0 aromatic rings. The van der Waals surface area contributed by atoms with Crippen molar-refractivity contribution in [1.82, 2.24) is 0 Å². The maximum Gasteiger partial charge on any atom is 0.133 e. The van der Waals surface area contributed by atoms with Crippen molar-refractivity contribution < 1.29 is 4.79 Å². The van der Waals surface area contributed by atoms with Crippen molar-refractivity contribution >= 4 is 5.78 Å². The summed E-state index contributed by atoms with van der Waals surface area (Å²) in [6, 6.07) is 0. The van der Waals surface area contributed by atoms with Gasteiger partial charge >= 0.3 is 0 Å². The van der Waals surface area contributed by atoms with Crippen LogP contribution >= 0.6 is 0 Å². The minimum atomic E-state index is 0.380. The lowest BCUT2D eigenvalue weighted by Crippen LogP contribution is -2.49. The van der Waals surface area contributed by atoms with Crippen LogP contribution in [0.3, 0.4) is 0 Å². The maximum atomic E-state index is 12.1. The summed E-state index contributed by atoms with van der Waals surface area (Å²) in [5.74, 6) is 6.30. The van der Waals surface area contributed by atoms with E-state index in [1.807, 2.05) is 5.57 Å². The van der Waals surface area contributed by atoms with Crippen LogP contribution in [0, 0.1) is 58.2 Å². The quantitative estimate of drug-likeness (QED) is 0.406. The van der Waals surface area contributed by atoms with E-state index in [1.54, 1.807) is 0 Å². The second-order valence-electron chi connectivity index (χ2n) is 12.9. The Morgan fingerprint density at radius 2 is 1.65 bits per heavy atom. The monoisotopic (exact) mass is 424 g/mol. The minimum absolute atomic E-state index is 0.380. The Balaban J connectivity index is 1.51. The highest BCUT2D eigenvalue weighted by Crippen LogP contribution is 2.66. The molecule has 0 bridgehead atoms. The van der Waals surface area contributed by atoms with Crippen LogP contribution in [0.4, 0.5) is 0 Å². The van der Waals surface area contributed by atoms with E-state index in [9.17, 15) is 4.79 Å². The number of hydrogen-bond donors (Lipinski definition) is 0. The second kappa shape index (κ2) is 8.49. The van der Waals surface area contributed by atoms with Crippen molar-refractivity contribution in [2.45, 2.75) is 99.8 Å². The molecule has 4 rings (SSSR count). The van der Waals surface area contributed by atoms with E-state index >= 15 is 0 Å². The lowest BCUT2D eigenvalue weighted by molar-refractivity contribution is -0.127. The molecule has 9 atom stereocenters. The fourth-order valence-electron chi connectivity index (χ4n) is 8.47. The van der Waals surface area contributed by atoms with Crippen LogP contribution in [0.25, 0.3) is 0 Å². The first-order valence-corrected chi connectivity index (χ1v) is 13.5. The number of allylic oxidation sites excluding steroid dienone is 4. The molecule has 174 valence electrons. The molecule has 4 aliphatic carbocycles. The number of carbonyl (C=O) groups is 1. The van der Waals surface area contributed by atoms with Crippen LogP contribution < -0.4 is 0 Å². The predicted octanol–water partition coefficient (Wildman–Crippen LogP) is 8.26. The molecule has 4 unspecified atom stereocenters. The van der Waals surface area contributed by atoms with Gasteiger partial charge in [0.05, 0.1) is 0 Å². The molecular formula is C30H48O. The van der Waals surface area contributed by atoms with Crippen molar-refractivity contribution in [2.24, 2.45) is 58.2 Å². The Kier molecular flexibility index (Phi) is 6.39. The lowest BCUT2D eigenvalue weighted by atomic mass is 9.48. The van der Waals surface area contributed by atoms with Gasteiger partial charge in [0.1, 0.15) is 5.78 Å². The number of Topliss-reactive ketones (excluding diaryl/α,β-unsaturated/α-hetero) is 1. The van der Waals surface area contributed by atoms with Gasteiger partial charge in [-0.2, -0.15) is 0 Å². The van der Waals surface area contributed by atoms with Gasteiger partial charge in [-0.1, -0.05) is 72.3 Å². The Bertz CT molecular complexity index is 744. The molecule has 0 N–H and O–H groups in total. The zero-order valence-electron chi connectivity index (χ0n) is 21.4. The van der Waals surface area contributed by atoms with Gasteiger partial charge in [0.2, 0.25) is 0 Å². The topological polar surface area (TPSA) is 17.1 Å².